The summed E-state index contributed by atoms with van der Waals surface area (Å²) in [6.07, 6.45) is 3.50. The molecule has 1 aliphatic heterocycles. The van der Waals surface area contributed by atoms with Gasteiger partial charge in [-0.25, -0.2) is 0 Å². The molecule has 0 unspecified atom stereocenters. The van der Waals surface area contributed by atoms with Gasteiger partial charge in [0.2, 0.25) is 0 Å². The maximum Gasteiger partial charge on any atom is 0.119 e. The standard InChI is InChI=1S/C17H21N3S.ClH/c1-2-13-3-5-14(6-4-13)16-7-8-17(20-19-16)21-15-9-11-18-12-10-15;/h3-8,15,18H,2,9-12H2,1H3;1H. The Morgan fingerprint density at radius 1 is 1.05 bits per heavy atom. The number of benzene rings is 1. The first-order valence-electron chi connectivity index (χ1n) is 7.65. The molecule has 1 aliphatic rings. The van der Waals surface area contributed by atoms with Crippen molar-refractivity contribution < 1.29 is 0 Å². The minimum Gasteiger partial charge on any atom is -0.317 e. The van der Waals surface area contributed by atoms with E-state index in [1.807, 2.05) is 11.8 Å². The molecule has 3 rings (SSSR count). The van der Waals surface area contributed by atoms with Gasteiger partial charge in [0.25, 0.3) is 0 Å². The maximum absolute atomic E-state index is 4.38. The molecule has 0 amide bonds. The van der Waals surface area contributed by atoms with E-state index < -0.39 is 0 Å². The number of hydrogen-bond donors (Lipinski definition) is 1. The average Bonchev–Trinajstić information content (AvgIpc) is 2.57. The van der Waals surface area contributed by atoms with E-state index >= 15 is 0 Å². The Kier molecular flexibility index (Phi) is 6.68. The summed E-state index contributed by atoms with van der Waals surface area (Å²) >= 11 is 1.86. The SMILES string of the molecule is CCc1ccc(-c2ccc(SC3CCNCC3)nn2)cc1.Cl. The van der Waals surface area contributed by atoms with Crippen molar-refractivity contribution in [2.24, 2.45) is 0 Å². The van der Waals surface area contributed by atoms with E-state index in [1.54, 1.807) is 0 Å². The van der Waals surface area contributed by atoms with Gasteiger partial charge >= 0.3 is 0 Å². The number of aromatic nitrogens is 2. The largest absolute Gasteiger partial charge is 0.317 e. The average molecular weight is 336 g/mol. The highest BCUT2D eigenvalue weighted by Gasteiger charge is 2.15. The lowest BCUT2D eigenvalue weighted by atomic mass is 10.1. The van der Waals surface area contributed by atoms with Gasteiger partial charge in [-0.05, 0) is 50.0 Å². The highest BCUT2D eigenvalue weighted by molar-refractivity contribution is 7.99. The Morgan fingerprint density at radius 3 is 2.36 bits per heavy atom. The second-order valence-electron chi connectivity index (χ2n) is 5.37. The monoisotopic (exact) mass is 335 g/mol. The van der Waals surface area contributed by atoms with Gasteiger partial charge < -0.3 is 5.32 Å². The van der Waals surface area contributed by atoms with Crippen molar-refractivity contribution in [2.75, 3.05) is 13.1 Å². The number of halogens is 1. The van der Waals surface area contributed by atoms with Crippen LogP contribution in [0.25, 0.3) is 11.3 Å². The number of hydrogen-bond acceptors (Lipinski definition) is 4. The van der Waals surface area contributed by atoms with Crippen LogP contribution in [0.2, 0.25) is 0 Å². The molecule has 0 bridgehead atoms. The topological polar surface area (TPSA) is 37.8 Å². The number of nitrogens with one attached hydrogen (secondary N) is 1. The van der Waals surface area contributed by atoms with Gasteiger partial charge in [0.1, 0.15) is 5.03 Å². The lowest BCUT2D eigenvalue weighted by Gasteiger charge is -2.21. The molecule has 0 atom stereocenters. The number of piperidine rings is 1. The van der Waals surface area contributed by atoms with Gasteiger partial charge in [-0.3, -0.25) is 0 Å². The minimum absolute atomic E-state index is 0. The third-order valence-electron chi connectivity index (χ3n) is 3.87. The second-order valence-corrected chi connectivity index (χ2v) is 6.70. The number of nitrogens with zero attached hydrogens (tertiary/aromatic N) is 2. The van der Waals surface area contributed by atoms with E-state index in [2.05, 4.69) is 58.8 Å². The molecule has 1 aromatic heterocycles. The van der Waals surface area contributed by atoms with E-state index in [4.69, 9.17) is 0 Å². The predicted octanol–water partition coefficient (Wildman–Crippen LogP) is 3.97. The Bertz CT molecular complexity index is 565. The Labute approximate surface area is 142 Å². The third kappa shape index (κ3) is 4.45. The van der Waals surface area contributed by atoms with Crippen LogP contribution in [0.1, 0.15) is 25.3 Å². The Hall–Kier alpha value is -1.10. The summed E-state index contributed by atoms with van der Waals surface area (Å²) in [7, 11) is 0. The summed E-state index contributed by atoms with van der Waals surface area (Å²) in [5.41, 5.74) is 3.44. The smallest absolute Gasteiger partial charge is 0.119 e. The van der Waals surface area contributed by atoms with Crippen LogP contribution < -0.4 is 5.32 Å². The van der Waals surface area contributed by atoms with Crippen molar-refractivity contribution in [1.82, 2.24) is 15.5 Å². The summed E-state index contributed by atoms with van der Waals surface area (Å²) < 4.78 is 0. The first kappa shape index (κ1) is 17.3. The normalized spacial score (nSPS) is 15.3. The third-order valence-corrected chi connectivity index (χ3v) is 5.14. The van der Waals surface area contributed by atoms with Crippen LogP contribution in [0.3, 0.4) is 0 Å². The molecule has 22 heavy (non-hydrogen) atoms. The van der Waals surface area contributed by atoms with Gasteiger partial charge in [0.15, 0.2) is 0 Å². The van der Waals surface area contributed by atoms with Gasteiger partial charge in [0.05, 0.1) is 5.69 Å². The summed E-state index contributed by atoms with van der Waals surface area (Å²) in [6.45, 7) is 4.40. The molecule has 2 heterocycles. The van der Waals surface area contributed by atoms with Gasteiger partial charge in [-0.2, -0.15) is 0 Å². The molecule has 1 N–H and O–H groups in total. The van der Waals surface area contributed by atoms with Crippen molar-refractivity contribution >= 4 is 24.2 Å². The van der Waals surface area contributed by atoms with E-state index in [0.29, 0.717) is 5.25 Å². The molecule has 118 valence electrons. The second kappa shape index (κ2) is 8.51. The van der Waals surface area contributed by atoms with Crippen molar-refractivity contribution in [2.45, 2.75) is 36.5 Å². The predicted molar refractivity (Wildman–Crippen MR) is 95.8 cm³/mol. The van der Waals surface area contributed by atoms with Gasteiger partial charge in [0, 0.05) is 10.8 Å². The van der Waals surface area contributed by atoms with Crippen LogP contribution in [0.5, 0.6) is 0 Å². The zero-order valence-electron chi connectivity index (χ0n) is 12.8. The van der Waals surface area contributed by atoms with Crippen LogP contribution >= 0.6 is 24.2 Å². The fourth-order valence-electron chi connectivity index (χ4n) is 2.53. The van der Waals surface area contributed by atoms with Crippen LogP contribution in [-0.2, 0) is 6.42 Å². The molecule has 1 fully saturated rings. The van der Waals surface area contributed by atoms with Crippen LogP contribution in [-0.4, -0.2) is 28.5 Å². The lowest BCUT2D eigenvalue weighted by Crippen LogP contribution is -2.29. The number of rotatable bonds is 4. The molecule has 3 nitrogen and oxygen atoms in total. The lowest BCUT2D eigenvalue weighted by molar-refractivity contribution is 0.531. The molecule has 0 spiro atoms. The first-order valence-corrected chi connectivity index (χ1v) is 8.53. The summed E-state index contributed by atoms with van der Waals surface area (Å²) in [4.78, 5) is 0. The summed E-state index contributed by atoms with van der Waals surface area (Å²) in [6, 6.07) is 12.8. The van der Waals surface area contributed by atoms with Crippen molar-refractivity contribution in [1.29, 1.82) is 0 Å². The summed E-state index contributed by atoms with van der Waals surface area (Å²) in [5.74, 6) is 0. The molecule has 1 aromatic carbocycles. The molecule has 0 radical (unpaired) electrons. The number of aryl methyl sites for hydroxylation is 1. The maximum atomic E-state index is 4.38. The molecule has 1 saturated heterocycles. The van der Waals surface area contributed by atoms with E-state index in [1.165, 1.54) is 18.4 Å². The van der Waals surface area contributed by atoms with Crippen molar-refractivity contribution in [3.63, 3.8) is 0 Å². The Morgan fingerprint density at radius 2 is 1.77 bits per heavy atom. The first-order chi connectivity index (χ1) is 10.3. The minimum atomic E-state index is 0. The molecule has 2 aromatic rings. The zero-order chi connectivity index (χ0) is 14.5. The molecule has 0 aliphatic carbocycles. The highest BCUT2D eigenvalue weighted by Crippen LogP contribution is 2.27. The van der Waals surface area contributed by atoms with E-state index in [-0.39, 0.29) is 12.4 Å². The van der Waals surface area contributed by atoms with Crippen LogP contribution in [0.15, 0.2) is 41.4 Å². The molecular weight excluding hydrogens is 314 g/mol. The highest BCUT2D eigenvalue weighted by atomic mass is 35.5. The fraction of sp³-hybridized carbons (Fsp3) is 0.412. The Balaban J connectivity index is 0.00000176. The van der Waals surface area contributed by atoms with Crippen LogP contribution in [0.4, 0.5) is 0 Å². The van der Waals surface area contributed by atoms with Gasteiger partial charge in [-0.1, -0.05) is 31.2 Å². The molecule has 0 saturated carbocycles. The zero-order valence-corrected chi connectivity index (χ0v) is 14.4. The fourth-order valence-corrected chi connectivity index (χ4v) is 3.58. The molecular formula is C17H22ClN3S. The van der Waals surface area contributed by atoms with Crippen LogP contribution in [0, 0.1) is 0 Å². The van der Waals surface area contributed by atoms with Crippen molar-refractivity contribution in [3.8, 4) is 11.3 Å². The van der Waals surface area contributed by atoms with Crippen molar-refractivity contribution in [3.05, 3.63) is 42.0 Å². The quantitative estimate of drug-likeness (QED) is 0.917. The van der Waals surface area contributed by atoms with Gasteiger partial charge in [-0.15, -0.1) is 34.4 Å². The number of thioether (sulfide) groups is 1. The van der Waals surface area contributed by atoms with E-state index in [9.17, 15) is 0 Å². The molecule has 5 heteroatoms. The van der Waals surface area contributed by atoms with E-state index in [0.717, 1.165) is 35.8 Å². The summed E-state index contributed by atoms with van der Waals surface area (Å²) in [5, 5.41) is 13.9.